The quantitative estimate of drug-likeness (QED) is 0.347. The second-order valence-corrected chi connectivity index (χ2v) is 8.47. The molecule has 0 radical (unpaired) electrons. The molecule has 0 aliphatic carbocycles. The predicted molar refractivity (Wildman–Crippen MR) is 130 cm³/mol. The Morgan fingerprint density at radius 2 is 1.28 bits per heavy atom. The van der Waals surface area contributed by atoms with Crippen LogP contribution in [0.1, 0.15) is 22.4 Å². The summed E-state index contributed by atoms with van der Waals surface area (Å²) < 4.78 is 1.97. The molecule has 4 aromatic rings. The van der Waals surface area contributed by atoms with Crippen LogP contribution < -0.4 is 0 Å². The van der Waals surface area contributed by atoms with Crippen LogP contribution in [0.3, 0.4) is 0 Å². The molecule has 0 saturated heterocycles. The highest BCUT2D eigenvalue weighted by atomic mass is 35.5. The lowest BCUT2D eigenvalue weighted by Crippen LogP contribution is -2.28. The molecule has 32 heavy (non-hydrogen) atoms. The van der Waals surface area contributed by atoms with Crippen LogP contribution in [0.4, 0.5) is 0 Å². The van der Waals surface area contributed by atoms with Gasteiger partial charge in [-0.1, -0.05) is 84.4 Å². The Balaban J connectivity index is 1.33. The van der Waals surface area contributed by atoms with E-state index in [1.807, 2.05) is 35.1 Å². The van der Waals surface area contributed by atoms with E-state index in [-0.39, 0.29) is 5.41 Å². The summed E-state index contributed by atoms with van der Waals surface area (Å²) in [5.74, 6) is 0. The third-order valence-corrected chi connectivity index (χ3v) is 6.11. The fourth-order valence-corrected chi connectivity index (χ4v) is 4.28. The second kappa shape index (κ2) is 8.89. The van der Waals surface area contributed by atoms with E-state index >= 15 is 0 Å². The largest absolute Gasteiger partial charge is 0.349 e. The van der Waals surface area contributed by atoms with Gasteiger partial charge in [0.15, 0.2) is 0 Å². The van der Waals surface area contributed by atoms with E-state index in [1.165, 1.54) is 16.7 Å². The summed E-state index contributed by atoms with van der Waals surface area (Å²) in [5, 5.41) is 5.50. The molecular formula is C28H24ClN3. The van der Waals surface area contributed by atoms with Crippen molar-refractivity contribution in [1.82, 2.24) is 14.7 Å². The maximum absolute atomic E-state index is 5.98. The van der Waals surface area contributed by atoms with Gasteiger partial charge in [0.2, 0.25) is 0 Å². The average molecular weight is 438 g/mol. The van der Waals surface area contributed by atoms with E-state index in [1.54, 1.807) is 0 Å². The van der Waals surface area contributed by atoms with E-state index in [0.29, 0.717) is 0 Å². The smallest absolute Gasteiger partial charge is 0.0821 e. The minimum absolute atomic E-state index is 0.271. The van der Waals surface area contributed by atoms with Crippen molar-refractivity contribution in [1.29, 1.82) is 0 Å². The number of nitrogens with zero attached hydrogens (tertiary/aromatic N) is 3. The summed E-state index contributed by atoms with van der Waals surface area (Å²) in [6, 6.07) is 31.2. The van der Waals surface area contributed by atoms with E-state index < -0.39 is 0 Å². The molecule has 1 aromatic heterocycles. The molecule has 0 fully saturated rings. The van der Waals surface area contributed by atoms with Gasteiger partial charge >= 0.3 is 0 Å². The SMILES string of the molecule is Clc1ccc(Cn2ccc(CN3C=CC(c4ccccc4)(c4ccccc4)C=C3)n2)cc1. The number of benzene rings is 3. The maximum Gasteiger partial charge on any atom is 0.0821 e. The van der Waals surface area contributed by atoms with Crippen molar-refractivity contribution < 1.29 is 0 Å². The van der Waals surface area contributed by atoms with E-state index in [4.69, 9.17) is 16.7 Å². The Kier molecular flexibility index (Phi) is 5.66. The Labute approximate surface area is 193 Å². The van der Waals surface area contributed by atoms with Crippen LogP contribution in [0.2, 0.25) is 5.02 Å². The van der Waals surface area contributed by atoms with Crippen LogP contribution in [-0.2, 0) is 18.5 Å². The number of aromatic nitrogens is 2. The molecule has 0 saturated carbocycles. The Morgan fingerprint density at radius 3 is 1.88 bits per heavy atom. The Morgan fingerprint density at radius 1 is 0.688 bits per heavy atom. The molecule has 158 valence electrons. The molecule has 4 heteroatoms. The average Bonchev–Trinajstić information content (AvgIpc) is 3.29. The normalized spacial score (nSPS) is 14.6. The zero-order chi connectivity index (χ0) is 21.8. The van der Waals surface area contributed by atoms with Gasteiger partial charge < -0.3 is 4.90 Å². The van der Waals surface area contributed by atoms with Gasteiger partial charge in [-0.2, -0.15) is 5.10 Å². The third kappa shape index (κ3) is 4.25. The zero-order valence-corrected chi connectivity index (χ0v) is 18.4. The van der Waals surface area contributed by atoms with Crippen LogP contribution in [0.5, 0.6) is 0 Å². The van der Waals surface area contributed by atoms with Crippen molar-refractivity contribution in [2.45, 2.75) is 18.5 Å². The Bertz CT molecular complexity index is 1170. The summed E-state index contributed by atoms with van der Waals surface area (Å²) in [4.78, 5) is 2.18. The van der Waals surface area contributed by atoms with E-state index in [9.17, 15) is 0 Å². The zero-order valence-electron chi connectivity index (χ0n) is 17.7. The first kappa shape index (κ1) is 20.3. The van der Waals surface area contributed by atoms with Crippen molar-refractivity contribution in [2.75, 3.05) is 0 Å². The number of halogens is 1. The molecule has 0 unspecified atom stereocenters. The van der Waals surface area contributed by atoms with Crippen molar-refractivity contribution in [2.24, 2.45) is 0 Å². The minimum atomic E-state index is -0.271. The van der Waals surface area contributed by atoms with Gasteiger partial charge in [-0.3, -0.25) is 4.68 Å². The summed E-state index contributed by atoms with van der Waals surface area (Å²) in [5.41, 5.74) is 4.45. The van der Waals surface area contributed by atoms with Crippen LogP contribution in [0, 0.1) is 0 Å². The summed E-state index contributed by atoms with van der Waals surface area (Å²) in [6.45, 7) is 1.45. The van der Waals surface area contributed by atoms with E-state index in [2.05, 4.69) is 96.2 Å². The maximum atomic E-state index is 5.98. The lowest BCUT2D eigenvalue weighted by molar-refractivity contribution is 0.467. The van der Waals surface area contributed by atoms with Crippen molar-refractivity contribution >= 4 is 11.6 Å². The highest BCUT2D eigenvalue weighted by molar-refractivity contribution is 6.30. The lowest BCUT2D eigenvalue weighted by Gasteiger charge is -2.33. The third-order valence-electron chi connectivity index (χ3n) is 5.86. The fourth-order valence-electron chi connectivity index (χ4n) is 4.16. The molecule has 0 N–H and O–H groups in total. The number of rotatable bonds is 6. The van der Waals surface area contributed by atoms with Crippen LogP contribution >= 0.6 is 11.6 Å². The van der Waals surface area contributed by atoms with E-state index in [0.717, 1.165) is 23.8 Å². The predicted octanol–water partition coefficient (Wildman–Crippen LogP) is 6.41. The standard InChI is InChI=1S/C28H24ClN3/c29-26-13-11-23(12-14-26)21-32-18-15-27(30-32)22-31-19-16-28(17-20-31,24-7-3-1-4-8-24)25-9-5-2-6-10-25/h1-20H,21-22H2. The highest BCUT2D eigenvalue weighted by Crippen LogP contribution is 2.37. The number of hydrogen-bond donors (Lipinski definition) is 0. The monoisotopic (exact) mass is 437 g/mol. The minimum Gasteiger partial charge on any atom is -0.349 e. The first-order valence-electron chi connectivity index (χ1n) is 10.7. The second-order valence-electron chi connectivity index (χ2n) is 8.04. The van der Waals surface area contributed by atoms with Crippen molar-refractivity contribution in [3.63, 3.8) is 0 Å². The highest BCUT2D eigenvalue weighted by Gasteiger charge is 2.30. The number of allylic oxidation sites excluding steroid dienone is 2. The molecule has 1 aliphatic heterocycles. The van der Waals surface area contributed by atoms with Gasteiger partial charge in [0.1, 0.15) is 0 Å². The van der Waals surface area contributed by atoms with Gasteiger partial charge in [0.05, 0.1) is 24.2 Å². The molecule has 2 heterocycles. The molecule has 3 aromatic carbocycles. The summed E-state index contributed by atoms with van der Waals surface area (Å²) >= 11 is 5.98. The topological polar surface area (TPSA) is 21.1 Å². The molecule has 0 spiro atoms. The molecular weight excluding hydrogens is 414 g/mol. The van der Waals surface area contributed by atoms with Gasteiger partial charge in [0, 0.05) is 23.6 Å². The van der Waals surface area contributed by atoms with Crippen molar-refractivity contribution in [3.05, 3.63) is 149 Å². The van der Waals surface area contributed by atoms with Crippen LogP contribution in [0.25, 0.3) is 0 Å². The Hall–Kier alpha value is -3.56. The fraction of sp³-hybridized carbons (Fsp3) is 0.107. The first-order chi connectivity index (χ1) is 15.7. The van der Waals surface area contributed by atoms with Crippen molar-refractivity contribution in [3.8, 4) is 0 Å². The molecule has 3 nitrogen and oxygen atoms in total. The number of hydrogen-bond acceptors (Lipinski definition) is 2. The van der Waals surface area contributed by atoms with Gasteiger partial charge in [0.25, 0.3) is 0 Å². The van der Waals surface area contributed by atoms with Crippen LogP contribution in [0.15, 0.2) is 122 Å². The molecule has 1 aliphatic rings. The lowest BCUT2D eigenvalue weighted by atomic mass is 9.73. The summed E-state index contributed by atoms with van der Waals surface area (Å²) in [6.07, 6.45) is 10.9. The van der Waals surface area contributed by atoms with Gasteiger partial charge in [-0.25, -0.2) is 0 Å². The van der Waals surface area contributed by atoms with Crippen LogP contribution in [-0.4, -0.2) is 14.7 Å². The first-order valence-corrected chi connectivity index (χ1v) is 11.1. The molecule has 0 amide bonds. The summed E-state index contributed by atoms with van der Waals surface area (Å²) in [7, 11) is 0. The molecule has 5 rings (SSSR count). The van der Waals surface area contributed by atoms with Gasteiger partial charge in [-0.15, -0.1) is 0 Å². The molecule has 0 atom stereocenters. The van der Waals surface area contributed by atoms with Gasteiger partial charge in [-0.05, 0) is 47.0 Å². The molecule has 0 bridgehead atoms.